The number of ether oxygens (including phenoxy) is 4. The Balaban J connectivity index is 1.98. The Kier molecular flexibility index (Phi) is 9.08. The third kappa shape index (κ3) is 7.55. The molecule has 11 nitrogen and oxygen atoms in total. The van der Waals surface area contributed by atoms with Crippen molar-refractivity contribution >= 4 is 25.7 Å². The van der Waals surface area contributed by atoms with E-state index in [2.05, 4.69) is 0 Å². The molecule has 5 atom stereocenters. The third-order valence-corrected chi connectivity index (χ3v) is 6.12. The van der Waals surface area contributed by atoms with Gasteiger partial charge in [0, 0.05) is 20.8 Å². The molecule has 1 saturated heterocycles. The number of rotatable bonds is 9. The number of esters is 3. The van der Waals surface area contributed by atoms with Crippen LogP contribution in [0.15, 0.2) is 60.7 Å². The maximum absolute atomic E-state index is 13.9. The Morgan fingerprint density at radius 3 is 1.56 bits per heavy atom. The highest BCUT2D eigenvalue weighted by Crippen LogP contribution is 2.52. The van der Waals surface area contributed by atoms with Crippen molar-refractivity contribution in [1.82, 2.24) is 0 Å². The molecule has 1 aliphatic heterocycles. The summed E-state index contributed by atoms with van der Waals surface area (Å²) >= 11 is 0. The lowest BCUT2D eigenvalue weighted by Gasteiger charge is -2.43. The van der Waals surface area contributed by atoms with Crippen molar-refractivity contribution in [1.29, 1.82) is 0 Å². The molecule has 0 amide bonds. The number of hydrogen-bond acceptors (Lipinski definition) is 11. The van der Waals surface area contributed by atoms with Gasteiger partial charge in [0.15, 0.2) is 18.3 Å². The predicted molar refractivity (Wildman–Crippen MR) is 124 cm³/mol. The Labute approximate surface area is 208 Å². The monoisotopic (exact) mass is 522 g/mol. The quantitative estimate of drug-likeness (QED) is 0.270. The van der Waals surface area contributed by atoms with Gasteiger partial charge in [0.25, 0.3) is 0 Å². The van der Waals surface area contributed by atoms with E-state index in [9.17, 15) is 18.9 Å². The first-order chi connectivity index (χ1) is 17.1. The molecule has 0 N–H and O–H groups in total. The summed E-state index contributed by atoms with van der Waals surface area (Å²) in [5.74, 6) is -1.88. The van der Waals surface area contributed by atoms with E-state index in [0.717, 1.165) is 20.8 Å². The molecule has 2 aromatic carbocycles. The second kappa shape index (κ2) is 12.0. The van der Waals surface area contributed by atoms with Crippen LogP contribution in [-0.2, 0) is 42.4 Å². The van der Waals surface area contributed by atoms with Gasteiger partial charge in [-0.1, -0.05) is 36.4 Å². The summed E-state index contributed by atoms with van der Waals surface area (Å²) in [4.78, 5) is 35.5. The van der Waals surface area contributed by atoms with Crippen LogP contribution < -0.4 is 9.05 Å². The smallest absolute Gasteiger partial charge is 0.456 e. The predicted octanol–water partition coefficient (Wildman–Crippen LogP) is 3.81. The number of phosphoric ester groups is 1. The maximum Gasteiger partial charge on any atom is 0.590 e. The van der Waals surface area contributed by atoms with Crippen molar-refractivity contribution in [3.63, 3.8) is 0 Å². The fourth-order valence-corrected chi connectivity index (χ4v) is 4.77. The lowest BCUT2D eigenvalue weighted by molar-refractivity contribution is -0.282. The van der Waals surface area contributed by atoms with Gasteiger partial charge in [-0.05, 0) is 31.2 Å². The van der Waals surface area contributed by atoms with Crippen LogP contribution in [0.4, 0.5) is 0 Å². The minimum absolute atomic E-state index is 0.166. The van der Waals surface area contributed by atoms with E-state index in [1.165, 1.54) is 31.2 Å². The fourth-order valence-electron chi connectivity index (χ4n) is 3.46. The number of para-hydroxylation sites is 2. The zero-order valence-electron chi connectivity index (χ0n) is 20.1. The largest absolute Gasteiger partial charge is 0.590 e. The van der Waals surface area contributed by atoms with E-state index in [0.29, 0.717) is 0 Å². The zero-order chi connectivity index (χ0) is 26.3. The van der Waals surface area contributed by atoms with Gasteiger partial charge in [0.05, 0.1) is 6.10 Å². The van der Waals surface area contributed by atoms with Crippen LogP contribution in [0.2, 0.25) is 0 Å². The summed E-state index contributed by atoms with van der Waals surface area (Å²) in [6.45, 7) is 4.93. The summed E-state index contributed by atoms with van der Waals surface area (Å²) in [6, 6.07) is 16.2. The summed E-state index contributed by atoms with van der Waals surface area (Å²) in [7, 11) is -4.51. The molecule has 194 valence electrons. The molecule has 36 heavy (non-hydrogen) atoms. The van der Waals surface area contributed by atoms with Crippen molar-refractivity contribution in [2.45, 2.75) is 58.4 Å². The first-order valence-corrected chi connectivity index (χ1v) is 12.5. The van der Waals surface area contributed by atoms with Gasteiger partial charge in [-0.15, -0.1) is 0 Å². The van der Waals surface area contributed by atoms with Crippen molar-refractivity contribution < 1.29 is 51.5 Å². The van der Waals surface area contributed by atoms with Crippen molar-refractivity contribution in [3.8, 4) is 11.5 Å². The minimum Gasteiger partial charge on any atom is -0.456 e. The molecule has 3 rings (SSSR count). The normalized spacial score (nSPS) is 23.7. The van der Waals surface area contributed by atoms with Crippen LogP contribution in [0.3, 0.4) is 0 Å². The Hall–Kier alpha value is -3.40. The van der Waals surface area contributed by atoms with Crippen LogP contribution in [0.1, 0.15) is 27.7 Å². The molecular weight excluding hydrogens is 495 g/mol. The van der Waals surface area contributed by atoms with E-state index >= 15 is 0 Å². The molecule has 12 heteroatoms. The lowest BCUT2D eigenvalue weighted by atomic mass is 9.99. The summed E-state index contributed by atoms with van der Waals surface area (Å²) in [5, 5.41) is 0. The first kappa shape index (κ1) is 27.2. The minimum atomic E-state index is -4.51. The molecule has 0 aliphatic carbocycles. The fraction of sp³-hybridized carbons (Fsp3) is 0.375. The van der Waals surface area contributed by atoms with Crippen molar-refractivity contribution in [2.75, 3.05) is 0 Å². The van der Waals surface area contributed by atoms with E-state index in [1.54, 1.807) is 36.4 Å². The summed E-state index contributed by atoms with van der Waals surface area (Å²) in [6.07, 6.45) is -6.51. The molecule has 0 radical (unpaired) electrons. The SMILES string of the molecule is CC(=O)O[C@@H]1[C@@H](OC(C)=O)[C@H](C)O[C@H](OP(=O)(Oc2ccccc2)Oc2ccccc2)[C@@H]1OC(C)=O. The molecule has 0 unspecified atom stereocenters. The van der Waals surface area contributed by atoms with Gasteiger partial charge < -0.3 is 28.0 Å². The Morgan fingerprint density at radius 1 is 0.694 bits per heavy atom. The zero-order valence-corrected chi connectivity index (χ0v) is 21.0. The molecule has 0 bridgehead atoms. The maximum atomic E-state index is 13.9. The molecule has 0 aromatic heterocycles. The molecular formula is C24H27O11P. The van der Waals surface area contributed by atoms with Gasteiger partial charge in [0.1, 0.15) is 11.5 Å². The van der Waals surface area contributed by atoms with E-state index < -0.39 is 56.4 Å². The molecule has 1 fully saturated rings. The van der Waals surface area contributed by atoms with Crippen LogP contribution in [0.25, 0.3) is 0 Å². The third-order valence-electron chi connectivity index (χ3n) is 4.79. The second-order valence-electron chi connectivity index (χ2n) is 7.79. The lowest BCUT2D eigenvalue weighted by Crippen LogP contribution is -2.61. The molecule has 2 aromatic rings. The van der Waals surface area contributed by atoms with E-state index in [4.69, 9.17) is 32.5 Å². The number of carbonyl (C=O) groups is 3. The number of hydrogen-bond donors (Lipinski definition) is 0. The van der Waals surface area contributed by atoms with Crippen LogP contribution >= 0.6 is 7.82 Å². The summed E-state index contributed by atoms with van der Waals surface area (Å²) in [5.41, 5.74) is 0. The Morgan fingerprint density at radius 2 is 1.11 bits per heavy atom. The van der Waals surface area contributed by atoms with Gasteiger partial charge in [-0.3, -0.25) is 14.4 Å². The first-order valence-electron chi connectivity index (χ1n) is 11.0. The van der Waals surface area contributed by atoms with Gasteiger partial charge in [-0.25, -0.2) is 9.09 Å². The van der Waals surface area contributed by atoms with Crippen molar-refractivity contribution in [2.24, 2.45) is 0 Å². The number of benzene rings is 2. The topological polar surface area (TPSA) is 133 Å². The van der Waals surface area contributed by atoms with Crippen LogP contribution in [-0.4, -0.2) is 48.6 Å². The molecule has 1 heterocycles. The van der Waals surface area contributed by atoms with E-state index in [1.807, 2.05) is 0 Å². The summed E-state index contributed by atoms with van der Waals surface area (Å²) < 4.78 is 52.5. The molecule has 0 spiro atoms. The highest BCUT2D eigenvalue weighted by atomic mass is 31.2. The van der Waals surface area contributed by atoms with Gasteiger partial charge in [0.2, 0.25) is 6.29 Å². The van der Waals surface area contributed by atoms with Crippen LogP contribution in [0, 0.1) is 0 Å². The van der Waals surface area contributed by atoms with Gasteiger partial charge >= 0.3 is 25.7 Å². The van der Waals surface area contributed by atoms with Gasteiger partial charge in [-0.2, -0.15) is 0 Å². The Bertz CT molecular complexity index is 1050. The second-order valence-corrected chi connectivity index (χ2v) is 9.26. The molecule has 0 saturated carbocycles. The number of phosphoric acid groups is 1. The standard InChI is InChI=1S/C24H27O11P/c1-15-21(30-16(2)25)22(31-17(3)26)23(32-18(4)27)24(29-15)35-36(28,33-19-11-7-5-8-12-19)34-20-13-9-6-10-14-20/h5-15,21-24H,1-4H3/t15-,21-,22+,23+,24+/m0/s1. The highest BCUT2D eigenvalue weighted by molar-refractivity contribution is 7.49. The molecule has 1 aliphatic rings. The van der Waals surface area contributed by atoms with E-state index in [-0.39, 0.29) is 11.5 Å². The number of carbonyl (C=O) groups excluding carboxylic acids is 3. The average Bonchev–Trinajstić information content (AvgIpc) is 2.79. The van der Waals surface area contributed by atoms with Crippen molar-refractivity contribution in [3.05, 3.63) is 60.7 Å². The highest BCUT2D eigenvalue weighted by Gasteiger charge is 2.54. The average molecular weight is 522 g/mol. The van der Waals surface area contributed by atoms with Crippen LogP contribution in [0.5, 0.6) is 11.5 Å².